The average Bonchev–Trinajstić information content (AvgIpc) is 2.62. The van der Waals surface area contributed by atoms with Crippen molar-refractivity contribution in [2.75, 3.05) is 13.1 Å². The summed E-state index contributed by atoms with van der Waals surface area (Å²) in [5, 5.41) is 6.53. The number of nitrogens with one attached hydrogen (secondary N) is 1. The lowest BCUT2D eigenvalue weighted by atomic mass is 10.2. The first kappa shape index (κ1) is 11.6. The third kappa shape index (κ3) is 2.27. The van der Waals surface area contributed by atoms with Crippen LogP contribution < -0.4 is 0 Å². The van der Waals surface area contributed by atoms with Gasteiger partial charge in [0.15, 0.2) is 0 Å². The highest BCUT2D eigenvalue weighted by Gasteiger charge is 2.28. The third-order valence-electron chi connectivity index (χ3n) is 2.51. The number of aromatic amines is 1. The van der Waals surface area contributed by atoms with E-state index < -0.39 is 0 Å². The predicted molar refractivity (Wildman–Crippen MR) is 62.2 cm³/mol. The number of aromatic nitrogens is 2. The van der Waals surface area contributed by atoms with Gasteiger partial charge >= 0.3 is 0 Å². The number of halogens is 1. The minimum absolute atomic E-state index is 0.0358. The van der Waals surface area contributed by atoms with Crippen molar-refractivity contribution >= 4 is 21.8 Å². The Morgan fingerprint density at radius 3 is 2.69 bits per heavy atom. The van der Waals surface area contributed by atoms with E-state index in [-0.39, 0.29) is 18.1 Å². The minimum Gasteiger partial charge on any atom is -0.372 e. The first-order valence-electron chi connectivity index (χ1n) is 5.21. The van der Waals surface area contributed by atoms with Crippen molar-refractivity contribution in [2.45, 2.75) is 26.1 Å². The number of hydrogen-bond acceptors (Lipinski definition) is 3. The van der Waals surface area contributed by atoms with Crippen LogP contribution in [0.15, 0.2) is 10.7 Å². The Labute approximate surface area is 102 Å². The number of ether oxygens (including phenoxy) is 1. The van der Waals surface area contributed by atoms with E-state index in [1.54, 1.807) is 11.1 Å². The monoisotopic (exact) mass is 287 g/mol. The standard InChI is InChI=1S/C10H14BrN3O2/c1-6-4-14(5-7(2)16-6)10(15)9-8(11)3-12-13-9/h3,6-7H,4-5H2,1-2H3,(H,12,13)/t6-,7+. The molecule has 16 heavy (non-hydrogen) atoms. The van der Waals surface area contributed by atoms with Crippen molar-refractivity contribution in [3.63, 3.8) is 0 Å². The zero-order valence-electron chi connectivity index (χ0n) is 9.24. The van der Waals surface area contributed by atoms with Gasteiger partial charge in [0.2, 0.25) is 0 Å². The lowest BCUT2D eigenvalue weighted by molar-refractivity contribution is -0.0587. The summed E-state index contributed by atoms with van der Waals surface area (Å²) in [6.07, 6.45) is 1.74. The Hall–Kier alpha value is -0.880. The van der Waals surface area contributed by atoms with E-state index in [2.05, 4.69) is 26.1 Å². The molecule has 1 saturated heterocycles. The maximum absolute atomic E-state index is 12.1. The molecule has 1 aromatic rings. The van der Waals surface area contributed by atoms with E-state index in [4.69, 9.17) is 4.74 Å². The molecular formula is C10H14BrN3O2. The molecule has 0 saturated carbocycles. The summed E-state index contributed by atoms with van der Waals surface area (Å²) in [5.41, 5.74) is 0.501. The van der Waals surface area contributed by atoms with Gasteiger partial charge in [-0.15, -0.1) is 0 Å². The van der Waals surface area contributed by atoms with Crippen molar-refractivity contribution in [2.24, 2.45) is 0 Å². The Bertz CT molecular complexity index is 383. The molecule has 0 spiro atoms. The molecule has 1 aliphatic rings. The van der Waals surface area contributed by atoms with Crippen LogP contribution in [-0.2, 0) is 4.74 Å². The first-order valence-corrected chi connectivity index (χ1v) is 6.01. The molecule has 1 aromatic heterocycles. The average molecular weight is 288 g/mol. The number of nitrogens with zero attached hydrogens (tertiary/aromatic N) is 2. The van der Waals surface area contributed by atoms with Crippen LogP contribution in [0.3, 0.4) is 0 Å². The number of rotatable bonds is 1. The SMILES string of the molecule is C[C@@H]1CN(C(=O)c2[nH]ncc2Br)C[C@H](C)O1. The van der Waals surface area contributed by atoms with E-state index in [0.717, 1.165) is 0 Å². The van der Waals surface area contributed by atoms with Crippen LogP contribution in [0.5, 0.6) is 0 Å². The largest absolute Gasteiger partial charge is 0.372 e. The molecule has 6 heteroatoms. The zero-order chi connectivity index (χ0) is 11.7. The second-order valence-electron chi connectivity index (χ2n) is 4.06. The molecule has 2 rings (SSSR count). The molecule has 2 atom stereocenters. The third-order valence-corrected chi connectivity index (χ3v) is 3.12. The van der Waals surface area contributed by atoms with Crippen LogP contribution in [0.4, 0.5) is 0 Å². The highest BCUT2D eigenvalue weighted by molar-refractivity contribution is 9.10. The lowest BCUT2D eigenvalue weighted by Crippen LogP contribution is -2.48. The van der Waals surface area contributed by atoms with Crippen molar-refractivity contribution in [1.29, 1.82) is 0 Å². The Morgan fingerprint density at radius 2 is 2.19 bits per heavy atom. The van der Waals surface area contributed by atoms with Gasteiger partial charge in [-0.1, -0.05) is 0 Å². The molecule has 0 aliphatic carbocycles. The zero-order valence-corrected chi connectivity index (χ0v) is 10.8. The normalized spacial score (nSPS) is 25.8. The summed E-state index contributed by atoms with van der Waals surface area (Å²) in [7, 11) is 0. The van der Waals surface area contributed by atoms with Gasteiger partial charge in [-0.2, -0.15) is 5.10 Å². The number of hydrogen-bond donors (Lipinski definition) is 1. The van der Waals surface area contributed by atoms with E-state index in [1.165, 1.54) is 0 Å². The molecule has 0 bridgehead atoms. The smallest absolute Gasteiger partial charge is 0.273 e. The molecule has 1 N–H and O–H groups in total. The highest BCUT2D eigenvalue weighted by atomic mass is 79.9. The molecule has 1 amide bonds. The quantitative estimate of drug-likeness (QED) is 0.850. The van der Waals surface area contributed by atoms with E-state index >= 15 is 0 Å². The predicted octanol–water partition coefficient (Wildman–Crippen LogP) is 1.42. The van der Waals surface area contributed by atoms with Crippen molar-refractivity contribution in [1.82, 2.24) is 15.1 Å². The molecular weight excluding hydrogens is 274 g/mol. The fraction of sp³-hybridized carbons (Fsp3) is 0.600. The lowest BCUT2D eigenvalue weighted by Gasteiger charge is -2.35. The molecule has 0 unspecified atom stereocenters. The van der Waals surface area contributed by atoms with Crippen LogP contribution in [-0.4, -0.2) is 46.3 Å². The molecule has 88 valence electrons. The topological polar surface area (TPSA) is 58.2 Å². The van der Waals surface area contributed by atoms with Gasteiger partial charge < -0.3 is 9.64 Å². The van der Waals surface area contributed by atoms with Gasteiger partial charge in [-0.25, -0.2) is 0 Å². The molecule has 1 fully saturated rings. The summed E-state index contributed by atoms with van der Waals surface area (Å²) in [5.74, 6) is -0.0358. The maximum atomic E-state index is 12.1. The van der Waals surface area contributed by atoms with Gasteiger partial charge in [-0.05, 0) is 29.8 Å². The summed E-state index contributed by atoms with van der Waals surface area (Å²) >= 11 is 3.29. The van der Waals surface area contributed by atoms with Crippen LogP contribution >= 0.6 is 15.9 Å². The highest BCUT2D eigenvalue weighted by Crippen LogP contribution is 2.18. The Kier molecular flexibility index (Phi) is 3.30. The van der Waals surface area contributed by atoms with Gasteiger partial charge in [-0.3, -0.25) is 9.89 Å². The van der Waals surface area contributed by atoms with Gasteiger partial charge in [0.1, 0.15) is 5.69 Å². The second kappa shape index (κ2) is 4.55. The van der Waals surface area contributed by atoms with Gasteiger partial charge in [0.05, 0.1) is 22.9 Å². The van der Waals surface area contributed by atoms with E-state index in [9.17, 15) is 4.79 Å². The second-order valence-corrected chi connectivity index (χ2v) is 4.91. The van der Waals surface area contributed by atoms with E-state index in [1.807, 2.05) is 13.8 Å². The fourth-order valence-corrected chi connectivity index (χ4v) is 2.28. The van der Waals surface area contributed by atoms with Crippen LogP contribution in [0.25, 0.3) is 0 Å². The summed E-state index contributed by atoms with van der Waals surface area (Å²) in [6.45, 7) is 5.18. The van der Waals surface area contributed by atoms with Crippen LogP contribution in [0.2, 0.25) is 0 Å². The minimum atomic E-state index is -0.0358. The summed E-state index contributed by atoms with van der Waals surface area (Å²) in [4.78, 5) is 13.9. The van der Waals surface area contributed by atoms with E-state index in [0.29, 0.717) is 23.3 Å². The number of carbonyl (C=O) groups is 1. The van der Waals surface area contributed by atoms with Crippen molar-refractivity contribution < 1.29 is 9.53 Å². The summed E-state index contributed by atoms with van der Waals surface area (Å²) < 4.78 is 6.28. The Morgan fingerprint density at radius 1 is 1.56 bits per heavy atom. The first-order chi connectivity index (χ1) is 7.58. The number of carbonyl (C=O) groups excluding carboxylic acids is 1. The fourth-order valence-electron chi connectivity index (χ4n) is 1.92. The molecule has 2 heterocycles. The van der Waals surface area contributed by atoms with Crippen molar-refractivity contribution in [3.8, 4) is 0 Å². The van der Waals surface area contributed by atoms with Gasteiger partial charge in [0, 0.05) is 13.1 Å². The van der Waals surface area contributed by atoms with Gasteiger partial charge in [0.25, 0.3) is 5.91 Å². The number of morpholine rings is 1. The molecule has 0 aromatic carbocycles. The Balaban J connectivity index is 2.13. The molecule has 1 aliphatic heterocycles. The molecule has 0 radical (unpaired) electrons. The maximum Gasteiger partial charge on any atom is 0.273 e. The number of H-pyrrole nitrogens is 1. The van der Waals surface area contributed by atoms with Crippen molar-refractivity contribution in [3.05, 3.63) is 16.4 Å². The van der Waals surface area contributed by atoms with Crippen LogP contribution in [0.1, 0.15) is 24.3 Å². The molecule has 5 nitrogen and oxygen atoms in total. The van der Waals surface area contributed by atoms with Crippen LogP contribution in [0, 0.1) is 0 Å². The number of amides is 1. The summed E-state index contributed by atoms with van der Waals surface area (Å²) in [6, 6.07) is 0.